The van der Waals surface area contributed by atoms with Crippen molar-refractivity contribution < 1.29 is 14.3 Å². The number of nitrogens with one attached hydrogen (secondary N) is 2. The number of carbonyl (C=O) groups is 1. The monoisotopic (exact) mass is 555 g/mol. The molecule has 12 heteroatoms. The number of piperidine rings is 1. The molecule has 5 rings (SSSR count). The fourth-order valence-electron chi connectivity index (χ4n) is 5.05. The summed E-state index contributed by atoms with van der Waals surface area (Å²) in [5.74, 6) is 1.62. The lowest BCUT2D eigenvalue weighted by Gasteiger charge is -2.36. The number of hydrogen-bond donors (Lipinski definition) is 2. The second-order valence-corrected chi connectivity index (χ2v) is 10.4. The highest BCUT2D eigenvalue weighted by atomic mass is 35.5. The fourth-order valence-corrected chi connectivity index (χ4v) is 5.19. The van der Waals surface area contributed by atoms with Crippen molar-refractivity contribution in [2.75, 3.05) is 69.8 Å². The number of ether oxygens (including phenoxy) is 2. The van der Waals surface area contributed by atoms with Crippen LogP contribution in [0, 0.1) is 5.92 Å². The molecule has 39 heavy (non-hydrogen) atoms. The number of nitrogens with zero attached hydrogens (tertiary/aromatic N) is 5. The van der Waals surface area contributed by atoms with Crippen molar-refractivity contribution in [3.8, 4) is 5.75 Å². The zero-order valence-electron chi connectivity index (χ0n) is 22.3. The van der Waals surface area contributed by atoms with Crippen molar-refractivity contribution in [1.29, 1.82) is 0 Å². The van der Waals surface area contributed by atoms with Gasteiger partial charge < -0.3 is 29.6 Å². The van der Waals surface area contributed by atoms with Crippen LogP contribution < -0.4 is 25.8 Å². The van der Waals surface area contributed by atoms with Crippen LogP contribution in [0.1, 0.15) is 12.8 Å². The van der Waals surface area contributed by atoms with Gasteiger partial charge in [-0.05, 0) is 43.0 Å². The Bertz CT molecular complexity index is 1380. The molecule has 0 aliphatic carbocycles. The first-order valence-corrected chi connectivity index (χ1v) is 13.6. The van der Waals surface area contributed by atoms with Gasteiger partial charge in [0.15, 0.2) is 18.2 Å². The maximum absolute atomic E-state index is 12.7. The molecule has 11 nitrogen and oxygen atoms in total. The lowest BCUT2D eigenvalue weighted by atomic mass is 9.96. The molecular weight excluding hydrogens is 522 g/mol. The Morgan fingerprint density at radius 1 is 1.18 bits per heavy atom. The molecule has 1 aromatic carbocycles. The van der Waals surface area contributed by atoms with Gasteiger partial charge in [-0.1, -0.05) is 11.6 Å². The molecule has 0 unspecified atom stereocenters. The third kappa shape index (κ3) is 6.43. The molecule has 2 saturated heterocycles. The zero-order chi connectivity index (χ0) is 27.4. The van der Waals surface area contributed by atoms with Crippen molar-refractivity contribution in [2.45, 2.75) is 12.8 Å². The van der Waals surface area contributed by atoms with Gasteiger partial charge in [-0.25, -0.2) is 4.98 Å². The normalized spacial score (nSPS) is 16.8. The number of aryl methyl sites for hydroxylation is 1. The third-order valence-electron chi connectivity index (χ3n) is 7.34. The summed E-state index contributed by atoms with van der Waals surface area (Å²) < 4.78 is 12.4. The lowest BCUT2D eigenvalue weighted by molar-refractivity contribution is -0.122. The number of likely N-dealkylation sites (N-methyl/N-ethyl adjacent to an activating group) is 1. The van der Waals surface area contributed by atoms with Crippen molar-refractivity contribution in [2.24, 2.45) is 13.0 Å². The first-order valence-electron chi connectivity index (χ1n) is 13.2. The van der Waals surface area contributed by atoms with E-state index in [1.54, 1.807) is 19.3 Å². The molecule has 208 valence electrons. The summed E-state index contributed by atoms with van der Waals surface area (Å²) in [5, 5.41) is 6.96. The average Bonchev–Trinajstić information content (AvgIpc) is 2.96. The second-order valence-electron chi connectivity index (χ2n) is 9.94. The molecule has 4 heterocycles. The van der Waals surface area contributed by atoms with Crippen LogP contribution in [0.15, 0.2) is 35.3 Å². The predicted octanol–water partition coefficient (Wildman–Crippen LogP) is 2.40. The SMILES string of the molecule is CNC(=O)COc1cc2cc(Nc3nc(N4CCC(CN5CCOCC5)CC4)ncc3Cl)ccc2n(C)c1=O. The largest absolute Gasteiger partial charge is 0.478 e. The number of amides is 1. The van der Waals surface area contributed by atoms with E-state index in [4.69, 9.17) is 26.1 Å². The molecule has 2 aliphatic rings. The molecule has 0 spiro atoms. The molecule has 2 aliphatic heterocycles. The van der Waals surface area contributed by atoms with Gasteiger partial charge in [0.1, 0.15) is 5.02 Å². The molecule has 2 N–H and O–H groups in total. The summed E-state index contributed by atoms with van der Waals surface area (Å²) >= 11 is 6.47. The van der Waals surface area contributed by atoms with Crippen LogP contribution >= 0.6 is 11.6 Å². The highest BCUT2D eigenvalue weighted by molar-refractivity contribution is 6.32. The Hall–Kier alpha value is -3.41. The van der Waals surface area contributed by atoms with Crippen molar-refractivity contribution in [3.05, 3.63) is 45.8 Å². The number of benzene rings is 1. The Morgan fingerprint density at radius 2 is 1.95 bits per heavy atom. The topological polar surface area (TPSA) is 114 Å². The van der Waals surface area contributed by atoms with Crippen molar-refractivity contribution in [3.63, 3.8) is 0 Å². The van der Waals surface area contributed by atoms with Crippen LogP contribution in [0.2, 0.25) is 5.02 Å². The minimum Gasteiger partial charge on any atom is -0.478 e. The number of halogens is 1. The number of fused-ring (bicyclic) bond motifs is 1. The highest BCUT2D eigenvalue weighted by Gasteiger charge is 2.24. The van der Waals surface area contributed by atoms with Gasteiger partial charge in [0, 0.05) is 57.9 Å². The Balaban J connectivity index is 1.28. The van der Waals surface area contributed by atoms with Crippen LogP contribution in [-0.2, 0) is 16.6 Å². The maximum atomic E-state index is 12.7. The van der Waals surface area contributed by atoms with E-state index in [1.807, 2.05) is 18.2 Å². The van der Waals surface area contributed by atoms with E-state index in [1.165, 1.54) is 11.6 Å². The average molecular weight is 556 g/mol. The van der Waals surface area contributed by atoms with Gasteiger partial charge in [-0.2, -0.15) is 4.98 Å². The standard InChI is InChI=1S/C27H34ClN7O4/c1-29-24(36)17-39-23-14-19-13-20(3-4-22(19)33(2)26(23)37)31-25-21(28)15-30-27(32-25)35-7-5-18(6-8-35)16-34-9-11-38-12-10-34/h3-4,13-15,18H,5-12,16-17H2,1-2H3,(H,29,36)(H,30,31,32). The highest BCUT2D eigenvalue weighted by Crippen LogP contribution is 2.29. The van der Waals surface area contributed by atoms with E-state index in [2.05, 4.69) is 25.4 Å². The van der Waals surface area contributed by atoms with Gasteiger partial charge in [-0.15, -0.1) is 0 Å². The number of anilines is 3. The molecular formula is C27H34ClN7O4. The van der Waals surface area contributed by atoms with Gasteiger partial charge in [0.25, 0.3) is 11.5 Å². The molecule has 2 fully saturated rings. The van der Waals surface area contributed by atoms with Gasteiger partial charge in [-0.3, -0.25) is 14.5 Å². The van der Waals surface area contributed by atoms with Crippen LogP contribution in [0.25, 0.3) is 10.9 Å². The molecule has 0 atom stereocenters. The summed E-state index contributed by atoms with van der Waals surface area (Å²) in [6.07, 6.45) is 3.82. The van der Waals surface area contributed by atoms with Gasteiger partial charge >= 0.3 is 0 Å². The molecule has 0 radical (unpaired) electrons. The van der Waals surface area contributed by atoms with Crippen molar-refractivity contribution in [1.82, 2.24) is 24.8 Å². The van der Waals surface area contributed by atoms with Gasteiger partial charge in [0.2, 0.25) is 5.95 Å². The van der Waals surface area contributed by atoms with E-state index < -0.39 is 0 Å². The molecule has 3 aromatic rings. The summed E-state index contributed by atoms with van der Waals surface area (Å²) in [6.45, 7) is 6.38. The van der Waals surface area contributed by atoms with Crippen LogP contribution in [-0.4, -0.2) is 84.9 Å². The van der Waals surface area contributed by atoms with E-state index in [9.17, 15) is 9.59 Å². The quantitative estimate of drug-likeness (QED) is 0.432. The smallest absolute Gasteiger partial charge is 0.293 e. The first kappa shape index (κ1) is 27.2. The minimum absolute atomic E-state index is 0.102. The van der Waals surface area contributed by atoms with E-state index >= 15 is 0 Å². The number of hydrogen-bond acceptors (Lipinski definition) is 9. The lowest BCUT2D eigenvalue weighted by Crippen LogP contribution is -2.43. The fraction of sp³-hybridized carbons (Fsp3) is 0.481. The number of rotatable bonds is 8. The first-order chi connectivity index (χ1) is 18.9. The number of morpholine rings is 1. The zero-order valence-corrected chi connectivity index (χ0v) is 23.0. The van der Waals surface area contributed by atoms with E-state index in [-0.39, 0.29) is 23.8 Å². The molecule has 0 bridgehead atoms. The Labute approximate surface area is 232 Å². The molecule has 0 saturated carbocycles. The Morgan fingerprint density at radius 3 is 2.69 bits per heavy atom. The summed E-state index contributed by atoms with van der Waals surface area (Å²) in [4.78, 5) is 38.2. The van der Waals surface area contributed by atoms with E-state index in [0.717, 1.165) is 75.4 Å². The maximum Gasteiger partial charge on any atom is 0.293 e. The summed E-state index contributed by atoms with van der Waals surface area (Å²) in [7, 11) is 3.18. The number of aromatic nitrogens is 3. The molecule has 1 amide bonds. The van der Waals surface area contributed by atoms with E-state index in [0.29, 0.717) is 22.7 Å². The minimum atomic E-state index is -0.317. The summed E-state index contributed by atoms with van der Waals surface area (Å²) in [6, 6.07) is 7.23. The van der Waals surface area contributed by atoms with Crippen LogP contribution in [0.3, 0.4) is 0 Å². The molecule has 2 aromatic heterocycles. The van der Waals surface area contributed by atoms with Crippen LogP contribution in [0.4, 0.5) is 17.5 Å². The Kier molecular flexibility index (Phi) is 8.49. The number of carbonyl (C=O) groups excluding carboxylic acids is 1. The predicted molar refractivity (Wildman–Crippen MR) is 151 cm³/mol. The second kappa shape index (κ2) is 12.2. The summed E-state index contributed by atoms with van der Waals surface area (Å²) in [5.41, 5.74) is 1.16. The number of pyridine rings is 1. The van der Waals surface area contributed by atoms with Crippen LogP contribution in [0.5, 0.6) is 5.75 Å². The third-order valence-corrected chi connectivity index (χ3v) is 7.62. The van der Waals surface area contributed by atoms with Gasteiger partial charge in [0.05, 0.1) is 24.9 Å². The van der Waals surface area contributed by atoms with Crippen molar-refractivity contribution >= 4 is 45.9 Å².